The van der Waals surface area contributed by atoms with Crippen LogP contribution in [0.2, 0.25) is 0 Å². The molecular weight excluding hydrogens is 542 g/mol. The predicted octanol–water partition coefficient (Wildman–Crippen LogP) is 6.49. The molecule has 230 valence electrons. The van der Waals surface area contributed by atoms with E-state index in [4.69, 9.17) is 19.4 Å². The lowest BCUT2D eigenvalue weighted by Gasteiger charge is -2.38. The van der Waals surface area contributed by atoms with Crippen molar-refractivity contribution in [3.63, 3.8) is 0 Å². The van der Waals surface area contributed by atoms with Gasteiger partial charge in [0.1, 0.15) is 11.2 Å². The van der Waals surface area contributed by atoms with Crippen LogP contribution in [0.3, 0.4) is 0 Å². The van der Waals surface area contributed by atoms with Crippen LogP contribution in [0.25, 0.3) is 11.1 Å². The molecule has 0 aromatic carbocycles. The van der Waals surface area contributed by atoms with Gasteiger partial charge in [-0.1, -0.05) is 19.3 Å². The summed E-state index contributed by atoms with van der Waals surface area (Å²) in [5.41, 5.74) is 3.65. The summed E-state index contributed by atoms with van der Waals surface area (Å²) in [6.07, 6.45) is 13.2. The van der Waals surface area contributed by atoms with Crippen molar-refractivity contribution in [3.05, 3.63) is 59.9 Å². The molecule has 3 aromatic heterocycles. The number of aryl methyl sites for hydroxylation is 1. The summed E-state index contributed by atoms with van der Waals surface area (Å²) < 4.78 is 12.5. The molecule has 1 amide bonds. The maximum absolute atomic E-state index is 14.1. The van der Waals surface area contributed by atoms with Crippen LogP contribution in [0, 0.1) is 18.3 Å². The van der Waals surface area contributed by atoms with Gasteiger partial charge in [-0.15, -0.1) is 0 Å². The van der Waals surface area contributed by atoms with Crippen LogP contribution in [0.15, 0.2) is 42.9 Å². The van der Waals surface area contributed by atoms with E-state index in [9.17, 15) is 9.59 Å². The smallest absolute Gasteiger partial charge is 0.321 e. The minimum atomic E-state index is -1.15. The molecule has 1 N–H and O–H groups in total. The van der Waals surface area contributed by atoms with Crippen molar-refractivity contribution in [2.24, 2.45) is 11.3 Å². The summed E-state index contributed by atoms with van der Waals surface area (Å²) in [6.45, 7) is 6.18. The Bertz CT molecular complexity index is 1420. The van der Waals surface area contributed by atoms with E-state index in [1.165, 1.54) is 7.11 Å². The number of esters is 1. The lowest BCUT2D eigenvalue weighted by Crippen LogP contribution is -2.50. The Hall–Kier alpha value is -3.75. The second-order valence-electron chi connectivity index (χ2n) is 12.5. The van der Waals surface area contributed by atoms with Gasteiger partial charge in [-0.3, -0.25) is 24.2 Å². The van der Waals surface area contributed by atoms with Crippen LogP contribution in [0.5, 0.6) is 5.75 Å². The quantitative estimate of drug-likeness (QED) is 0.225. The third-order valence-corrected chi connectivity index (χ3v) is 9.51. The fourth-order valence-corrected chi connectivity index (χ4v) is 6.91. The molecule has 0 bridgehead atoms. The SMILES string of the molecule is COC(=O)C1(C(=O)NC(c2cc(-c3cnn(C(C)C)c3)ccn2)C2CCC(c3ccc(OC)c(C)n3)CC2)CCCCC1. The lowest BCUT2D eigenvalue weighted by molar-refractivity contribution is -0.161. The zero-order valence-electron chi connectivity index (χ0n) is 26.1. The molecule has 9 heteroatoms. The van der Waals surface area contributed by atoms with E-state index < -0.39 is 11.4 Å². The van der Waals surface area contributed by atoms with Gasteiger partial charge in [0.2, 0.25) is 5.91 Å². The highest BCUT2D eigenvalue weighted by atomic mass is 16.5. The molecule has 0 radical (unpaired) electrons. The number of pyridine rings is 2. The van der Waals surface area contributed by atoms with Gasteiger partial charge in [0.25, 0.3) is 0 Å². The van der Waals surface area contributed by atoms with Gasteiger partial charge in [0, 0.05) is 35.6 Å². The molecule has 2 aliphatic rings. The van der Waals surface area contributed by atoms with E-state index in [0.29, 0.717) is 18.8 Å². The van der Waals surface area contributed by atoms with Gasteiger partial charge in [-0.2, -0.15) is 5.10 Å². The van der Waals surface area contributed by atoms with Crippen molar-refractivity contribution in [1.82, 2.24) is 25.1 Å². The maximum atomic E-state index is 14.1. The average molecular weight is 588 g/mol. The van der Waals surface area contributed by atoms with Gasteiger partial charge in [0.05, 0.1) is 37.8 Å². The molecule has 43 heavy (non-hydrogen) atoms. The van der Waals surface area contributed by atoms with Crippen LogP contribution >= 0.6 is 0 Å². The van der Waals surface area contributed by atoms with E-state index in [1.54, 1.807) is 7.11 Å². The molecule has 3 aromatic rings. The van der Waals surface area contributed by atoms with Crippen molar-refractivity contribution in [1.29, 1.82) is 0 Å². The largest absolute Gasteiger partial charge is 0.495 e. The highest BCUT2D eigenvalue weighted by Gasteiger charge is 2.49. The molecule has 0 aliphatic heterocycles. The molecule has 0 saturated heterocycles. The van der Waals surface area contributed by atoms with Gasteiger partial charge < -0.3 is 14.8 Å². The summed E-state index contributed by atoms with van der Waals surface area (Å²) in [5, 5.41) is 7.87. The summed E-state index contributed by atoms with van der Waals surface area (Å²) in [4.78, 5) is 36.8. The number of hydrogen-bond donors (Lipinski definition) is 1. The van der Waals surface area contributed by atoms with Crippen molar-refractivity contribution < 1.29 is 19.1 Å². The first-order valence-electron chi connectivity index (χ1n) is 15.7. The number of ether oxygens (including phenoxy) is 2. The first-order chi connectivity index (χ1) is 20.8. The van der Waals surface area contributed by atoms with Gasteiger partial charge in [-0.25, -0.2) is 0 Å². The Morgan fingerprint density at radius 1 is 1.02 bits per heavy atom. The van der Waals surface area contributed by atoms with E-state index in [1.807, 2.05) is 42.3 Å². The van der Waals surface area contributed by atoms with Crippen molar-refractivity contribution in [3.8, 4) is 16.9 Å². The van der Waals surface area contributed by atoms with Gasteiger partial charge in [-0.05, 0) is 95.0 Å². The monoisotopic (exact) mass is 587 g/mol. The summed E-state index contributed by atoms with van der Waals surface area (Å²) >= 11 is 0. The molecule has 5 rings (SSSR count). The second kappa shape index (κ2) is 13.3. The Labute approximate surface area is 254 Å². The number of rotatable bonds is 9. The summed E-state index contributed by atoms with van der Waals surface area (Å²) in [7, 11) is 3.04. The van der Waals surface area contributed by atoms with Crippen LogP contribution in [0.4, 0.5) is 0 Å². The first kappa shape index (κ1) is 30.7. The van der Waals surface area contributed by atoms with Crippen LogP contribution < -0.4 is 10.1 Å². The fourth-order valence-electron chi connectivity index (χ4n) is 6.91. The topological polar surface area (TPSA) is 108 Å². The maximum Gasteiger partial charge on any atom is 0.321 e. The molecule has 3 heterocycles. The minimum Gasteiger partial charge on any atom is -0.495 e. The van der Waals surface area contributed by atoms with Crippen LogP contribution in [0.1, 0.15) is 107 Å². The third kappa shape index (κ3) is 6.45. The molecular formula is C34H45N5O4. The Balaban J connectivity index is 1.43. The zero-order valence-corrected chi connectivity index (χ0v) is 26.1. The molecule has 1 unspecified atom stereocenters. The number of hydrogen-bond acceptors (Lipinski definition) is 7. The number of nitrogens with zero attached hydrogens (tertiary/aromatic N) is 4. The summed E-state index contributed by atoms with van der Waals surface area (Å²) in [5.74, 6) is 0.638. The Kier molecular flexibility index (Phi) is 9.47. The normalized spacial score (nSPS) is 20.8. The lowest BCUT2D eigenvalue weighted by atomic mass is 9.72. The van der Waals surface area contributed by atoms with E-state index in [-0.39, 0.29) is 23.9 Å². The fraction of sp³-hybridized carbons (Fsp3) is 0.559. The number of methoxy groups -OCH3 is 2. The number of aromatic nitrogens is 4. The molecule has 0 spiro atoms. The first-order valence-corrected chi connectivity index (χ1v) is 15.7. The number of nitrogens with one attached hydrogen (secondary N) is 1. The van der Waals surface area contributed by atoms with E-state index in [2.05, 4.69) is 36.4 Å². The van der Waals surface area contributed by atoms with Gasteiger partial charge in [0.15, 0.2) is 0 Å². The van der Waals surface area contributed by atoms with Crippen LogP contribution in [-0.4, -0.2) is 45.8 Å². The molecule has 2 saturated carbocycles. The Morgan fingerprint density at radius 3 is 2.40 bits per heavy atom. The van der Waals surface area contributed by atoms with E-state index >= 15 is 0 Å². The van der Waals surface area contributed by atoms with Crippen LogP contribution in [-0.2, 0) is 14.3 Å². The Morgan fingerprint density at radius 2 is 1.77 bits per heavy atom. The number of carbonyl (C=O) groups excluding carboxylic acids is 2. The molecule has 2 aliphatic carbocycles. The van der Waals surface area contributed by atoms with Crippen molar-refractivity contribution >= 4 is 11.9 Å². The van der Waals surface area contributed by atoms with Crippen molar-refractivity contribution in [2.75, 3.05) is 14.2 Å². The predicted molar refractivity (Wildman–Crippen MR) is 164 cm³/mol. The highest BCUT2D eigenvalue weighted by Crippen LogP contribution is 2.43. The molecule has 1 atom stereocenters. The number of amides is 1. The van der Waals surface area contributed by atoms with Crippen molar-refractivity contribution in [2.45, 2.75) is 96.6 Å². The van der Waals surface area contributed by atoms with E-state index in [0.717, 1.165) is 78.9 Å². The molecule has 2 fully saturated rings. The highest BCUT2D eigenvalue weighted by molar-refractivity contribution is 6.03. The number of carbonyl (C=O) groups is 2. The second-order valence-corrected chi connectivity index (χ2v) is 12.5. The minimum absolute atomic E-state index is 0.166. The third-order valence-electron chi connectivity index (χ3n) is 9.51. The standard InChI is InChI=1S/C34H45N5O4/c1-22(2)39-21-27(20-36-39)26-15-18-35-29(19-26)31(38-32(40)34(33(41)43-5)16-7-6-8-17-34)25-11-9-24(10-12-25)28-13-14-30(42-4)23(3)37-28/h13-15,18-22,24-25,31H,6-12,16-17H2,1-5H3,(H,38,40). The zero-order chi connectivity index (χ0) is 30.6. The average Bonchev–Trinajstić information content (AvgIpc) is 3.55. The summed E-state index contributed by atoms with van der Waals surface area (Å²) in [6, 6.07) is 8.05. The van der Waals surface area contributed by atoms with Gasteiger partial charge >= 0.3 is 5.97 Å². The molecule has 9 nitrogen and oxygen atoms in total.